The normalized spacial score (nSPS) is 11.5. The third kappa shape index (κ3) is 5.90. The number of hydrogen-bond donors (Lipinski definition) is 0. The Morgan fingerprint density at radius 3 is 1.40 bits per heavy atom. The third-order valence-corrected chi connectivity index (χ3v) is 12.0. The number of benzene rings is 9. The number of rotatable bonds is 7. The monoisotopic (exact) mass is 791 g/mol. The molecule has 12 rings (SSSR count). The summed E-state index contributed by atoms with van der Waals surface area (Å²) in [5, 5.41) is 4.63. The van der Waals surface area contributed by atoms with E-state index >= 15 is 0 Å². The second-order valence-electron chi connectivity index (χ2n) is 15.6. The van der Waals surface area contributed by atoms with Crippen molar-refractivity contribution in [1.29, 1.82) is 0 Å². The molecule has 5 nitrogen and oxygen atoms in total. The Morgan fingerprint density at radius 2 is 0.758 bits per heavy atom. The second kappa shape index (κ2) is 14.7. The average Bonchev–Trinajstić information content (AvgIpc) is 3.88. The minimum Gasteiger partial charge on any atom is -0.308 e. The van der Waals surface area contributed by atoms with Crippen molar-refractivity contribution in [2.24, 2.45) is 0 Å². The highest BCUT2D eigenvalue weighted by atomic mass is 15.2. The number of nitrogens with zero attached hydrogens (tertiary/aromatic N) is 5. The van der Waals surface area contributed by atoms with Gasteiger partial charge >= 0.3 is 0 Å². The maximum atomic E-state index is 5.30. The predicted molar refractivity (Wildman–Crippen MR) is 256 cm³/mol. The van der Waals surface area contributed by atoms with E-state index in [0.29, 0.717) is 17.6 Å². The van der Waals surface area contributed by atoms with E-state index in [-0.39, 0.29) is 0 Å². The molecule has 0 N–H and O–H groups in total. The summed E-state index contributed by atoms with van der Waals surface area (Å²) < 4.78 is 4.70. The number of aromatic nitrogens is 5. The molecule has 0 saturated heterocycles. The largest absolute Gasteiger partial charge is 0.308 e. The summed E-state index contributed by atoms with van der Waals surface area (Å²) in [6.45, 7) is 0. The molecule has 0 atom stereocenters. The molecule has 5 heteroatoms. The van der Waals surface area contributed by atoms with Crippen LogP contribution in [0.4, 0.5) is 0 Å². The Morgan fingerprint density at radius 1 is 0.290 bits per heavy atom. The summed E-state index contributed by atoms with van der Waals surface area (Å²) in [5.74, 6) is 1.79. The Kier molecular flexibility index (Phi) is 8.42. The van der Waals surface area contributed by atoms with Crippen molar-refractivity contribution in [3.63, 3.8) is 0 Å². The molecule has 0 aliphatic carbocycles. The minimum absolute atomic E-state index is 0.561. The van der Waals surface area contributed by atoms with Gasteiger partial charge in [0, 0.05) is 38.2 Å². The van der Waals surface area contributed by atoms with Crippen LogP contribution >= 0.6 is 0 Å². The van der Waals surface area contributed by atoms with Crippen molar-refractivity contribution in [1.82, 2.24) is 24.1 Å². The molecular formula is C57H37N5. The lowest BCUT2D eigenvalue weighted by Crippen LogP contribution is -2.06. The van der Waals surface area contributed by atoms with E-state index in [2.05, 4.69) is 209 Å². The molecule has 0 saturated carbocycles. The van der Waals surface area contributed by atoms with Crippen molar-refractivity contribution in [3.8, 4) is 67.8 Å². The first kappa shape index (κ1) is 35.5. The highest BCUT2D eigenvalue weighted by Crippen LogP contribution is 2.44. The lowest BCUT2D eigenvalue weighted by Gasteiger charge is -2.17. The molecule has 3 aromatic heterocycles. The van der Waals surface area contributed by atoms with Gasteiger partial charge in [-0.05, 0) is 58.1 Å². The Labute approximate surface area is 358 Å². The van der Waals surface area contributed by atoms with Crippen molar-refractivity contribution in [3.05, 3.63) is 224 Å². The van der Waals surface area contributed by atoms with Gasteiger partial charge in [-0.3, -0.25) is 4.57 Å². The van der Waals surface area contributed by atoms with E-state index in [1.807, 2.05) is 24.3 Å². The van der Waals surface area contributed by atoms with Crippen LogP contribution in [-0.2, 0) is 0 Å². The van der Waals surface area contributed by atoms with Crippen molar-refractivity contribution >= 4 is 43.6 Å². The average molecular weight is 792 g/mol. The smallest absolute Gasteiger partial charge is 0.238 e. The quantitative estimate of drug-likeness (QED) is 0.162. The lowest BCUT2D eigenvalue weighted by atomic mass is 9.97. The SMILES string of the molecule is c1ccc(-c2ccc(-c3nc(-c4ccccc4)nc(-n4c5ccccc5c5c4ccc4c6ccccc6n(-c6ccc(-c7ccccc7)cc6-c6ccccc6)c45)n3)cc2)cc1. The van der Waals surface area contributed by atoms with Crippen LogP contribution in [0, 0.1) is 0 Å². The van der Waals surface area contributed by atoms with Crippen LogP contribution in [0.5, 0.6) is 0 Å². The van der Waals surface area contributed by atoms with Crippen LogP contribution in [0.2, 0.25) is 0 Å². The molecule has 9 aromatic carbocycles. The maximum absolute atomic E-state index is 5.30. The predicted octanol–water partition coefficient (Wildman–Crippen LogP) is 14.4. The lowest BCUT2D eigenvalue weighted by molar-refractivity contribution is 0.953. The van der Waals surface area contributed by atoms with E-state index in [9.17, 15) is 0 Å². The molecule has 0 spiro atoms. The van der Waals surface area contributed by atoms with E-state index in [0.717, 1.165) is 71.9 Å². The van der Waals surface area contributed by atoms with Gasteiger partial charge in [-0.2, -0.15) is 9.97 Å². The zero-order chi connectivity index (χ0) is 41.0. The summed E-state index contributed by atoms with van der Waals surface area (Å²) in [7, 11) is 0. The molecule has 0 unspecified atom stereocenters. The van der Waals surface area contributed by atoms with Gasteiger partial charge in [-0.15, -0.1) is 0 Å². The van der Waals surface area contributed by atoms with Gasteiger partial charge < -0.3 is 4.57 Å². The van der Waals surface area contributed by atoms with Crippen LogP contribution in [0.25, 0.3) is 111 Å². The molecule has 12 aromatic rings. The Bertz CT molecular complexity index is 3590. The molecular weight excluding hydrogens is 755 g/mol. The van der Waals surface area contributed by atoms with Crippen LogP contribution in [0.15, 0.2) is 224 Å². The zero-order valence-electron chi connectivity index (χ0n) is 33.6. The van der Waals surface area contributed by atoms with Gasteiger partial charge in [0.15, 0.2) is 11.6 Å². The van der Waals surface area contributed by atoms with E-state index in [1.165, 1.54) is 21.9 Å². The first-order chi connectivity index (χ1) is 30.8. The maximum Gasteiger partial charge on any atom is 0.238 e. The summed E-state index contributed by atoms with van der Waals surface area (Å²) in [6, 6.07) is 79.3. The van der Waals surface area contributed by atoms with Crippen LogP contribution in [-0.4, -0.2) is 24.1 Å². The highest BCUT2D eigenvalue weighted by molar-refractivity contribution is 6.26. The molecule has 0 radical (unpaired) electrons. The summed E-state index contributed by atoms with van der Waals surface area (Å²) in [4.78, 5) is 15.7. The molecule has 290 valence electrons. The van der Waals surface area contributed by atoms with Crippen molar-refractivity contribution in [2.45, 2.75) is 0 Å². The van der Waals surface area contributed by atoms with Crippen LogP contribution in [0.3, 0.4) is 0 Å². The topological polar surface area (TPSA) is 48.5 Å². The van der Waals surface area contributed by atoms with Gasteiger partial charge in [-0.25, -0.2) is 4.98 Å². The molecule has 0 fully saturated rings. The summed E-state index contributed by atoms with van der Waals surface area (Å²) in [6.07, 6.45) is 0. The molecule has 0 aliphatic heterocycles. The van der Waals surface area contributed by atoms with Crippen molar-refractivity contribution < 1.29 is 0 Å². The van der Waals surface area contributed by atoms with Gasteiger partial charge in [0.25, 0.3) is 0 Å². The van der Waals surface area contributed by atoms with Gasteiger partial charge in [0.2, 0.25) is 5.95 Å². The fraction of sp³-hybridized carbons (Fsp3) is 0. The summed E-state index contributed by atoms with van der Waals surface area (Å²) >= 11 is 0. The Hall–Kier alpha value is -8.41. The first-order valence-corrected chi connectivity index (χ1v) is 21.0. The van der Waals surface area contributed by atoms with Crippen LogP contribution < -0.4 is 0 Å². The number of para-hydroxylation sites is 2. The number of hydrogen-bond acceptors (Lipinski definition) is 3. The van der Waals surface area contributed by atoms with Crippen molar-refractivity contribution in [2.75, 3.05) is 0 Å². The van der Waals surface area contributed by atoms with Gasteiger partial charge in [0.05, 0.1) is 27.8 Å². The molecule has 62 heavy (non-hydrogen) atoms. The van der Waals surface area contributed by atoms with E-state index < -0.39 is 0 Å². The Balaban J connectivity index is 1.14. The fourth-order valence-electron chi connectivity index (χ4n) is 9.12. The van der Waals surface area contributed by atoms with Gasteiger partial charge in [0.1, 0.15) is 0 Å². The van der Waals surface area contributed by atoms with E-state index in [1.54, 1.807) is 0 Å². The molecule has 0 bridgehead atoms. The second-order valence-corrected chi connectivity index (χ2v) is 15.6. The molecule has 0 amide bonds. The number of fused-ring (bicyclic) bond motifs is 7. The summed E-state index contributed by atoms with van der Waals surface area (Å²) in [5.41, 5.74) is 14.2. The third-order valence-electron chi connectivity index (χ3n) is 12.0. The minimum atomic E-state index is 0.561. The van der Waals surface area contributed by atoms with Crippen LogP contribution in [0.1, 0.15) is 0 Å². The molecule has 3 heterocycles. The zero-order valence-corrected chi connectivity index (χ0v) is 33.6. The fourth-order valence-corrected chi connectivity index (χ4v) is 9.12. The molecule has 0 aliphatic rings. The van der Waals surface area contributed by atoms with E-state index in [4.69, 9.17) is 15.0 Å². The highest BCUT2D eigenvalue weighted by Gasteiger charge is 2.24. The first-order valence-electron chi connectivity index (χ1n) is 21.0. The van der Waals surface area contributed by atoms with Gasteiger partial charge in [-0.1, -0.05) is 194 Å². The standard InChI is InChI=1S/C57H37N5/c1-5-17-38(18-6-1)40-29-31-43(32-30-40)56-58-55(42-23-11-4-12-24-42)59-57(60-56)62-50-28-16-14-26-47(50)53-52(62)36-34-46-45-25-13-15-27-49(45)61(54(46)53)51-35-33-44(39-19-7-2-8-20-39)37-48(51)41-21-9-3-10-22-41/h1-37H.